The zero-order valence-corrected chi connectivity index (χ0v) is 31.7. The number of carbonyl (C=O) groups is 1. The Morgan fingerprint density at radius 1 is 1.12 bits per heavy atom. The lowest BCUT2D eigenvalue weighted by atomic mass is 9.41. The number of hydrogen-bond donors (Lipinski definition) is 2. The SMILES string of the molecule is CC(=O)O[C@@H](C1C[C@@H](C)[C@H]2C(O1)[C@H](O)[C@@]1(C)C3CC[C@H]4C(C)(C)C(O[C@H]5CN(Cc6cocn6)CCO5)CCC45CC35CCC21C)C(C)(C)O. The number of oxazole rings is 1. The first-order valence-electron chi connectivity index (χ1n) is 19.6. The first kappa shape index (κ1) is 35.5. The van der Waals surface area contributed by atoms with E-state index >= 15 is 0 Å². The number of aliphatic hydroxyl groups is 2. The van der Waals surface area contributed by atoms with Gasteiger partial charge in [-0.2, -0.15) is 0 Å². The van der Waals surface area contributed by atoms with Crippen LogP contribution in [0.4, 0.5) is 0 Å². The minimum atomic E-state index is -1.26. The normalized spacial score (nSPS) is 48.7. The third kappa shape index (κ3) is 4.93. The zero-order valence-electron chi connectivity index (χ0n) is 31.7. The van der Waals surface area contributed by atoms with Crippen LogP contribution in [0.15, 0.2) is 17.1 Å². The molecule has 0 aromatic carbocycles. The minimum absolute atomic E-state index is 0.0159. The van der Waals surface area contributed by atoms with Gasteiger partial charge in [0.2, 0.25) is 0 Å². The maximum absolute atomic E-state index is 12.6. The van der Waals surface area contributed by atoms with E-state index in [1.165, 1.54) is 32.6 Å². The Hall–Kier alpha value is -1.56. The van der Waals surface area contributed by atoms with E-state index in [0.29, 0.717) is 30.3 Å². The van der Waals surface area contributed by atoms with Crippen molar-refractivity contribution in [2.24, 2.45) is 50.7 Å². The third-order valence-electron chi connectivity index (χ3n) is 16.4. The summed E-state index contributed by atoms with van der Waals surface area (Å²) < 4.78 is 30.9. The summed E-state index contributed by atoms with van der Waals surface area (Å²) >= 11 is 0. The van der Waals surface area contributed by atoms with E-state index in [9.17, 15) is 15.0 Å². The third-order valence-corrected chi connectivity index (χ3v) is 16.4. The molecular formula is C40H62N2O8. The predicted molar refractivity (Wildman–Crippen MR) is 184 cm³/mol. The van der Waals surface area contributed by atoms with Crippen molar-refractivity contribution < 1.29 is 38.4 Å². The molecule has 5 aliphatic carbocycles. The molecule has 1 aromatic rings. The summed E-state index contributed by atoms with van der Waals surface area (Å²) in [6, 6.07) is 0. The maximum Gasteiger partial charge on any atom is 0.303 e. The molecule has 1 aromatic heterocycles. The molecule has 0 radical (unpaired) electrons. The van der Waals surface area contributed by atoms with Crippen LogP contribution in [-0.2, 0) is 30.3 Å². The van der Waals surface area contributed by atoms with Crippen LogP contribution in [0.25, 0.3) is 0 Å². The predicted octanol–water partition coefficient (Wildman–Crippen LogP) is 5.73. The number of carbonyl (C=O) groups excluding carboxylic acids is 1. The standard InChI is InChI=1S/C40H62N2O8/c1-23-17-26(34(36(5,6)45)48-24(2)43)49-32-31(23)37(7)13-14-40-21-39(40)12-11-29(35(3,4)27(39)9-10-28(40)38(37,8)33(32)44)50-30-19-42(15-16-47-30)18-25-20-46-22-41-25/h20,22-23,26-34,44-45H,9-19,21H2,1-8H3/t23-,26?,27+,28?,29?,30+,31+,32?,33+,34+,37?,38-,39?,40?/m1/s1. The van der Waals surface area contributed by atoms with Crippen LogP contribution in [0.2, 0.25) is 0 Å². The van der Waals surface area contributed by atoms with Gasteiger partial charge in [0.05, 0.1) is 48.9 Å². The highest BCUT2D eigenvalue weighted by atomic mass is 16.7. The quantitative estimate of drug-likeness (QED) is 0.341. The molecule has 50 heavy (non-hydrogen) atoms. The molecule has 14 atom stereocenters. The average Bonchev–Trinajstić information content (AvgIpc) is 3.33. The molecule has 7 fully saturated rings. The van der Waals surface area contributed by atoms with Gasteiger partial charge in [-0.1, -0.05) is 34.6 Å². The van der Waals surface area contributed by atoms with E-state index in [-0.39, 0.29) is 52.0 Å². The number of fused-ring (bicyclic) bond motifs is 4. The second kappa shape index (κ2) is 11.7. The molecule has 2 saturated heterocycles. The van der Waals surface area contributed by atoms with Crippen molar-refractivity contribution in [2.75, 3.05) is 19.7 Å². The van der Waals surface area contributed by atoms with Crippen LogP contribution >= 0.6 is 0 Å². The Bertz CT molecular complexity index is 1440. The van der Waals surface area contributed by atoms with Gasteiger partial charge in [-0.25, -0.2) is 4.98 Å². The molecule has 10 nitrogen and oxygen atoms in total. The molecule has 2 spiro atoms. The van der Waals surface area contributed by atoms with E-state index < -0.39 is 29.9 Å². The Labute approximate surface area is 298 Å². The van der Waals surface area contributed by atoms with E-state index in [1.807, 2.05) is 0 Å². The molecule has 7 aliphatic rings. The first-order chi connectivity index (χ1) is 23.5. The van der Waals surface area contributed by atoms with Crippen LogP contribution in [0.1, 0.15) is 112 Å². The van der Waals surface area contributed by atoms with Gasteiger partial charge in [-0.15, -0.1) is 0 Å². The van der Waals surface area contributed by atoms with Crippen molar-refractivity contribution in [1.82, 2.24) is 9.88 Å². The van der Waals surface area contributed by atoms with Gasteiger partial charge < -0.3 is 33.6 Å². The Kier molecular flexibility index (Phi) is 8.31. The second-order valence-electron chi connectivity index (χ2n) is 19.4. The van der Waals surface area contributed by atoms with Gasteiger partial charge >= 0.3 is 5.97 Å². The van der Waals surface area contributed by atoms with Crippen molar-refractivity contribution in [3.8, 4) is 0 Å². The largest absolute Gasteiger partial charge is 0.457 e. The molecule has 8 rings (SSSR count). The van der Waals surface area contributed by atoms with Gasteiger partial charge in [-0.3, -0.25) is 9.69 Å². The average molecular weight is 699 g/mol. The monoisotopic (exact) mass is 698 g/mol. The molecule has 280 valence electrons. The fraction of sp³-hybridized carbons (Fsp3) is 0.900. The van der Waals surface area contributed by atoms with Crippen molar-refractivity contribution in [2.45, 2.75) is 156 Å². The Balaban J connectivity index is 1.01. The lowest BCUT2D eigenvalue weighted by Crippen LogP contribution is -2.60. The van der Waals surface area contributed by atoms with Crippen molar-refractivity contribution >= 4 is 5.97 Å². The molecule has 10 heteroatoms. The summed E-state index contributed by atoms with van der Waals surface area (Å²) in [6.45, 7) is 19.8. The smallest absolute Gasteiger partial charge is 0.303 e. The van der Waals surface area contributed by atoms with Crippen LogP contribution in [-0.4, -0.2) is 88.2 Å². The molecule has 7 unspecified atom stereocenters. The fourth-order valence-corrected chi connectivity index (χ4v) is 14.2. The highest BCUT2D eigenvalue weighted by Gasteiger charge is 2.84. The minimum Gasteiger partial charge on any atom is -0.457 e. The number of aliphatic hydroxyl groups excluding tert-OH is 1. The molecule has 0 amide bonds. The van der Waals surface area contributed by atoms with Crippen LogP contribution in [0.5, 0.6) is 0 Å². The molecule has 5 saturated carbocycles. The van der Waals surface area contributed by atoms with E-state index in [0.717, 1.165) is 51.0 Å². The van der Waals surface area contributed by atoms with E-state index in [1.54, 1.807) is 20.1 Å². The first-order valence-corrected chi connectivity index (χ1v) is 19.6. The van der Waals surface area contributed by atoms with E-state index in [4.69, 9.17) is 23.4 Å². The number of rotatable bonds is 7. The van der Waals surface area contributed by atoms with E-state index in [2.05, 4.69) is 44.5 Å². The van der Waals surface area contributed by atoms with Gasteiger partial charge in [0.15, 0.2) is 18.8 Å². The summed E-state index contributed by atoms with van der Waals surface area (Å²) in [5.41, 5.74) is -0.123. The van der Waals surface area contributed by atoms with Gasteiger partial charge in [0.25, 0.3) is 0 Å². The van der Waals surface area contributed by atoms with Crippen molar-refractivity contribution in [3.63, 3.8) is 0 Å². The molecular weight excluding hydrogens is 636 g/mol. The van der Waals surface area contributed by atoms with Crippen molar-refractivity contribution in [3.05, 3.63) is 18.4 Å². The molecule has 0 bridgehead atoms. The van der Waals surface area contributed by atoms with Gasteiger partial charge in [0, 0.05) is 25.4 Å². The van der Waals surface area contributed by atoms with Crippen molar-refractivity contribution in [1.29, 1.82) is 0 Å². The zero-order chi connectivity index (χ0) is 35.6. The number of morpholine rings is 1. The summed E-state index contributed by atoms with van der Waals surface area (Å²) in [5, 5.41) is 23.6. The highest BCUT2D eigenvalue weighted by Crippen LogP contribution is 2.89. The Morgan fingerprint density at radius 2 is 1.86 bits per heavy atom. The summed E-state index contributed by atoms with van der Waals surface area (Å²) in [7, 11) is 0. The highest BCUT2D eigenvalue weighted by molar-refractivity contribution is 5.66. The number of hydrogen-bond acceptors (Lipinski definition) is 10. The fourth-order valence-electron chi connectivity index (χ4n) is 14.2. The number of esters is 1. The Morgan fingerprint density at radius 3 is 2.56 bits per heavy atom. The number of nitrogens with zero attached hydrogens (tertiary/aromatic N) is 2. The van der Waals surface area contributed by atoms with Crippen LogP contribution < -0.4 is 0 Å². The van der Waals surface area contributed by atoms with Gasteiger partial charge in [-0.05, 0) is 111 Å². The summed E-state index contributed by atoms with van der Waals surface area (Å²) in [5.74, 6) is 1.05. The lowest BCUT2D eigenvalue weighted by molar-refractivity contribution is -0.249. The molecule has 2 N–H and O–H groups in total. The summed E-state index contributed by atoms with van der Waals surface area (Å²) in [6.07, 6.45) is 9.65. The van der Waals surface area contributed by atoms with Gasteiger partial charge in [0.1, 0.15) is 6.26 Å². The summed E-state index contributed by atoms with van der Waals surface area (Å²) in [4.78, 5) is 18.8. The topological polar surface area (TPSA) is 124 Å². The lowest BCUT2D eigenvalue weighted by Gasteiger charge is -2.64. The second-order valence-corrected chi connectivity index (χ2v) is 19.4. The molecule has 2 aliphatic heterocycles. The van der Waals surface area contributed by atoms with Crippen LogP contribution in [0, 0.1) is 50.7 Å². The number of ether oxygens (including phenoxy) is 4. The number of aromatic nitrogens is 1. The van der Waals surface area contributed by atoms with Crippen LogP contribution in [0.3, 0.4) is 0 Å². The maximum atomic E-state index is 12.6. The molecule has 3 heterocycles.